The molecule has 0 aliphatic carbocycles. The maximum absolute atomic E-state index is 11.4. The first-order chi connectivity index (χ1) is 12.1. The Hall–Kier alpha value is -3.48. The first-order valence-corrected chi connectivity index (χ1v) is 7.68. The molecule has 1 amide bonds. The summed E-state index contributed by atoms with van der Waals surface area (Å²) in [4.78, 5) is 16.1. The molecule has 1 aromatic carbocycles. The van der Waals surface area contributed by atoms with Gasteiger partial charge in [-0.3, -0.25) is 9.72 Å². The highest BCUT2D eigenvalue weighted by Crippen LogP contribution is 2.32. The summed E-state index contributed by atoms with van der Waals surface area (Å²) < 4.78 is 12.0. The fourth-order valence-electron chi connectivity index (χ4n) is 2.87. The second-order valence-electron chi connectivity index (χ2n) is 5.71. The van der Waals surface area contributed by atoms with E-state index in [9.17, 15) is 4.79 Å². The summed E-state index contributed by atoms with van der Waals surface area (Å²) >= 11 is 0. The van der Waals surface area contributed by atoms with E-state index in [0.717, 1.165) is 16.3 Å². The molecule has 0 aliphatic rings. The average molecular weight is 336 g/mol. The molecule has 3 aromatic heterocycles. The number of aryl methyl sites for hydroxylation is 1. The van der Waals surface area contributed by atoms with E-state index in [-0.39, 0.29) is 0 Å². The predicted molar refractivity (Wildman–Crippen MR) is 95.6 cm³/mol. The molecule has 0 bridgehead atoms. The van der Waals surface area contributed by atoms with Crippen molar-refractivity contribution in [2.24, 2.45) is 0 Å². The van der Waals surface area contributed by atoms with Gasteiger partial charge in [-0.25, -0.2) is 9.78 Å². The SMILES string of the molecule is COC(=O)Nc1ccc2ccn3c(N)c(-c4occc4C)nc3c2c1. The lowest BCUT2D eigenvalue weighted by molar-refractivity contribution is 0.187. The van der Waals surface area contributed by atoms with Crippen molar-refractivity contribution in [3.63, 3.8) is 0 Å². The summed E-state index contributed by atoms with van der Waals surface area (Å²) in [5.41, 5.74) is 9.15. The normalized spacial score (nSPS) is 11.1. The smallest absolute Gasteiger partial charge is 0.411 e. The summed E-state index contributed by atoms with van der Waals surface area (Å²) in [5.74, 6) is 1.15. The first kappa shape index (κ1) is 15.1. The quantitative estimate of drug-likeness (QED) is 0.580. The molecule has 0 saturated heterocycles. The molecule has 25 heavy (non-hydrogen) atoms. The Labute approximate surface area is 143 Å². The van der Waals surface area contributed by atoms with Crippen LogP contribution in [-0.4, -0.2) is 22.6 Å². The van der Waals surface area contributed by atoms with Gasteiger partial charge in [0.1, 0.15) is 17.2 Å². The third kappa shape index (κ3) is 2.37. The number of nitrogen functional groups attached to an aromatic ring is 1. The van der Waals surface area contributed by atoms with Crippen LogP contribution in [-0.2, 0) is 4.74 Å². The van der Waals surface area contributed by atoms with Crippen LogP contribution in [0.2, 0.25) is 0 Å². The van der Waals surface area contributed by atoms with Gasteiger partial charge < -0.3 is 14.9 Å². The molecule has 0 atom stereocenters. The van der Waals surface area contributed by atoms with Gasteiger partial charge in [-0.2, -0.15) is 0 Å². The van der Waals surface area contributed by atoms with Crippen LogP contribution >= 0.6 is 0 Å². The van der Waals surface area contributed by atoms with E-state index in [4.69, 9.17) is 10.2 Å². The standard InChI is InChI=1S/C18H16N4O3/c1-10-6-8-25-15(10)14-16(19)22-7-5-11-3-4-12(20-18(23)24-2)9-13(11)17(22)21-14/h3-9H,19H2,1-2H3,(H,20,23). The van der Waals surface area contributed by atoms with Crippen molar-refractivity contribution >= 4 is 34.0 Å². The highest BCUT2D eigenvalue weighted by molar-refractivity contribution is 5.99. The van der Waals surface area contributed by atoms with Crippen LogP contribution in [0.3, 0.4) is 0 Å². The van der Waals surface area contributed by atoms with Gasteiger partial charge in [0.15, 0.2) is 5.76 Å². The van der Waals surface area contributed by atoms with Crippen LogP contribution < -0.4 is 11.1 Å². The Kier molecular flexibility index (Phi) is 3.35. The van der Waals surface area contributed by atoms with Gasteiger partial charge in [0.25, 0.3) is 0 Å². The molecule has 4 aromatic rings. The van der Waals surface area contributed by atoms with Crippen molar-refractivity contribution in [1.29, 1.82) is 0 Å². The number of rotatable bonds is 2. The molecule has 3 N–H and O–H groups in total. The molecule has 7 nitrogen and oxygen atoms in total. The molecule has 0 unspecified atom stereocenters. The lowest BCUT2D eigenvalue weighted by atomic mass is 10.1. The Morgan fingerprint density at radius 1 is 1.32 bits per heavy atom. The van der Waals surface area contributed by atoms with Crippen molar-refractivity contribution in [3.05, 3.63) is 48.4 Å². The summed E-state index contributed by atoms with van der Waals surface area (Å²) in [5, 5.41) is 4.50. The van der Waals surface area contributed by atoms with Gasteiger partial charge in [0.05, 0.1) is 13.4 Å². The van der Waals surface area contributed by atoms with Crippen LogP contribution in [0.25, 0.3) is 27.9 Å². The average Bonchev–Trinajstić information content (AvgIpc) is 3.18. The van der Waals surface area contributed by atoms with Gasteiger partial charge >= 0.3 is 6.09 Å². The molecule has 3 heterocycles. The number of hydrogen-bond acceptors (Lipinski definition) is 5. The molecule has 0 radical (unpaired) electrons. The van der Waals surface area contributed by atoms with Crippen LogP contribution in [0.1, 0.15) is 5.56 Å². The molecule has 0 aliphatic heterocycles. The van der Waals surface area contributed by atoms with Gasteiger partial charge in [-0.1, -0.05) is 6.07 Å². The number of hydrogen-bond donors (Lipinski definition) is 2. The van der Waals surface area contributed by atoms with Crippen molar-refractivity contribution in [3.8, 4) is 11.5 Å². The number of nitrogens with zero attached hydrogens (tertiary/aromatic N) is 2. The summed E-state index contributed by atoms with van der Waals surface area (Å²) in [6.45, 7) is 1.94. The lowest BCUT2D eigenvalue weighted by Crippen LogP contribution is -2.10. The van der Waals surface area contributed by atoms with Gasteiger partial charge in [0, 0.05) is 17.3 Å². The number of amides is 1. The van der Waals surface area contributed by atoms with E-state index in [2.05, 4.69) is 15.0 Å². The molecule has 7 heteroatoms. The number of methoxy groups -OCH3 is 1. The summed E-state index contributed by atoms with van der Waals surface area (Å²) in [6, 6.07) is 9.37. The third-order valence-corrected chi connectivity index (χ3v) is 4.15. The number of nitrogens with two attached hydrogens (primary N) is 1. The number of imidazole rings is 1. The molecule has 126 valence electrons. The zero-order chi connectivity index (χ0) is 17.6. The van der Waals surface area contributed by atoms with Crippen molar-refractivity contribution < 1.29 is 13.9 Å². The second kappa shape index (κ2) is 5.55. The molecule has 4 rings (SSSR count). The number of fused-ring (bicyclic) bond motifs is 3. The maximum atomic E-state index is 11.4. The molecular formula is C18H16N4O3. The molecule has 0 fully saturated rings. The van der Waals surface area contributed by atoms with Crippen LogP contribution in [0.4, 0.5) is 16.3 Å². The third-order valence-electron chi connectivity index (χ3n) is 4.15. The number of aromatic nitrogens is 2. The van der Waals surface area contributed by atoms with Crippen molar-refractivity contribution in [2.75, 3.05) is 18.2 Å². The number of furan rings is 1. The highest BCUT2D eigenvalue weighted by atomic mass is 16.5. The van der Waals surface area contributed by atoms with E-state index < -0.39 is 6.09 Å². The minimum absolute atomic E-state index is 0.501. The zero-order valence-electron chi connectivity index (χ0n) is 13.7. The number of nitrogens with one attached hydrogen (secondary N) is 1. The Bertz CT molecular complexity index is 1110. The van der Waals surface area contributed by atoms with Crippen molar-refractivity contribution in [1.82, 2.24) is 9.38 Å². The fraction of sp³-hybridized carbons (Fsp3) is 0.111. The molecule has 0 saturated carbocycles. The summed E-state index contributed by atoms with van der Waals surface area (Å²) in [7, 11) is 1.32. The largest absolute Gasteiger partial charge is 0.462 e. The molecule has 0 spiro atoms. The van der Waals surface area contributed by atoms with Gasteiger partial charge in [0.2, 0.25) is 0 Å². The lowest BCUT2D eigenvalue weighted by Gasteiger charge is -2.06. The van der Waals surface area contributed by atoms with Crippen molar-refractivity contribution in [2.45, 2.75) is 6.92 Å². The number of pyridine rings is 1. The Morgan fingerprint density at radius 2 is 2.16 bits per heavy atom. The number of carbonyl (C=O) groups excluding carboxylic acids is 1. The fourth-order valence-corrected chi connectivity index (χ4v) is 2.87. The van der Waals surface area contributed by atoms with Crippen LogP contribution in [0, 0.1) is 6.92 Å². The molecular weight excluding hydrogens is 320 g/mol. The number of ether oxygens (including phenoxy) is 1. The minimum Gasteiger partial charge on any atom is -0.462 e. The van der Waals surface area contributed by atoms with E-state index in [0.29, 0.717) is 28.6 Å². The maximum Gasteiger partial charge on any atom is 0.411 e. The van der Waals surface area contributed by atoms with Crippen LogP contribution in [0.15, 0.2) is 47.2 Å². The zero-order valence-corrected chi connectivity index (χ0v) is 13.7. The van der Waals surface area contributed by atoms with E-state index in [1.165, 1.54) is 7.11 Å². The highest BCUT2D eigenvalue weighted by Gasteiger charge is 2.17. The van der Waals surface area contributed by atoms with Crippen LogP contribution in [0.5, 0.6) is 0 Å². The first-order valence-electron chi connectivity index (χ1n) is 7.68. The summed E-state index contributed by atoms with van der Waals surface area (Å²) in [6.07, 6.45) is 2.96. The van der Waals surface area contributed by atoms with Gasteiger partial charge in [-0.05, 0) is 42.1 Å². The van der Waals surface area contributed by atoms with Gasteiger partial charge in [-0.15, -0.1) is 0 Å². The topological polar surface area (TPSA) is 94.8 Å². The Balaban J connectivity index is 1.94. The van der Waals surface area contributed by atoms with E-state index in [1.54, 1.807) is 12.3 Å². The second-order valence-corrected chi connectivity index (χ2v) is 5.71. The van der Waals surface area contributed by atoms with E-state index >= 15 is 0 Å². The Morgan fingerprint density at radius 3 is 2.88 bits per heavy atom. The number of benzene rings is 1. The van der Waals surface area contributed by atoms with E-state index in [1.807, 2.05) is 41.8 Å². The monoisotopic (exact) mass is 336 g/mol. The predicted octanol–water partition coefficient (Wildman–Crippen LogP) is 3.82. The minimum atomic E-state index is -0.527. The number of anilines is 2. The number of carbonyl (C=O) groups is 1.